The van der Waals surface area contributed by atoms with Gasteiger partial charge in [0.05, 0.1) is 20.3 Å². The number of allylic oxidation sites excluding steroid dienone is 1. The maximum Gasteiger partial charge on any atom is 0.359 e. The third-order valence-corrected chi connectivity index (χ3v) is 4.28. The second-order valence-electron chi connectivity index (χ2n) is 7.39. The number of carboxylic acid groups (broad SMARTS) is 1. The van der Waals surface area contributed by atoms with Crippen molar-refractivity contribution in [2.45, 2.75) is 90.4 Å². The van der Waals surface area contributed by atoms with Crippen LogP contribution in [-0.2, 0) is 4.79 Å². The summed E-state index contributed by atoms with van der Waals surface area (Å²) in [5.74, 6) is -0.745. The molecule has 3 nitrogen and oxygen atoms in total. The van der Waals surface area contributed by atoms with Crippen molar-refractivity contribution in [1.82, 2.24) is 0 Å². The molecule has 0 amide bonds. The lowest BCUT2D eigenvalue weighted by molar-refractivity contribution is -0.831. The van der Waals surface area contributed by atoms with Gasteiger partial charge < -0.3 is 5.11 Å². The van der Waals surface area contributed by atoms with E-state index in [1.807, 2.05) is 20.3 Å². The molecular weight excluding hydrogens is 286 g/mol. The highest BCUT2D eigenvalue weighted by atomic mass is 16.4. The van der Waals surface area contributed by atoms with Gasteiger partial charge in [0.25, 0.3) is 0 Å². The highest BCUT2D eigenvalue weighted by Gasteiger charge is 2.15. The summed E-state index contributed by atoms with van der Waals surface area (Å²) >= 11 is 0. The summed E-state index contributed by atoms with van der Waals surface area (Å²) < 4.78 is 0.424. The minimum atomic E-state index is -0.745. The Bertz CT molecular complexity index is 311. The van der Waals surface area contributed by atoms with Crippen LogP contribution in [0.2, 0.25) is 0 Å². The van der Waals surface area contributed by atoms with Crippen molar-refractivity contribution >= 4 is 5.97 Å². The summed E-state index contributed by atoms with van der Waals surface area (Å²) in [5.41, 5.74) is 0. The lowest BCUT2D eigenvalue weighted by Gasteiger charge is -2.22. The number of quaternary nitrogens is 1. The minimum Gasteiger partial charge on any atom is -0.477 e. The zero-order valence-corrected chi connectivity index (χ0v) is 15.9. The molecule has 0 saturated carbocycles. The molecule has 0 radical (unpaired) electrons. The number of rotatable bonds is 16. The average Bonchev–Trinajstić information content (AvgIpc) is 2.46. The molecule has 1 N–H and O–H groups in total. The van der Waals surface area contributed by atoms with Crippen LogP contribution in [0.5, 0.6) is 0 Å². The van der Waals surface area contributed by atoms with Gasteiger partial charge in [0.15, 0.2) is 6.54 Å². The molecule has 0 rings (SSSR count). The van der Waals surface area contributed by atoms with Crippen molar-refractivity contribution in [3.63, 3.8) is 0 Å². The van der Waals surface area contributed by atoms with Gasteiger partial charge in [-0.1, -0.05) is 77.6 Å². The van der Waals surface area contributed by atoms with E-state index in [0.29, 0.717) is 4.48 Å². The number of unbranched alkanes of at least 4 members (excludes halogenated alkanes) is 12. The van der Waals surface area contributed by atoms with Gasteiger partial charge in [-0.05, 0) is 18.9 Å². The van der Waals surface area contributed by atoms with E-state index in [9.17, 15) is 4.79 Å². The molecule has 0 unspecified atom stereocenters. The molecule has 3 heteroatoms. The van der Waals surface area contributed by atoms with E-state index in [2.05, 4.69) is 13.0 Å². The van der Waals surface area contributed by atoms with Crippen LogP contribution < -0.4 is 0 Å². The normalized spacial score (nSPS) is 12.1. The molecule has 0 aromatic rings. The minimum absolute atomic E-state index is 0.148. The van der Waals surface area contributed by atoms with Crippen LogP contribution in [0.1, 0.15) is 90.4 Å². The Hall–Kier alpha value is -0.830. The van der Waals surface area contributed by atoms with E-state index >= 15 is 0 Å². The van der Waals surface area contributed by atoms with Gasteiger partial charge in [-0.3, -0.25) is 4.48 Å². The number of hydrogen-bond donors (Lipinski definition) is 1. The first kappa shape index (κ1) is 22.2. The van der Waals surface area contributed by atoms with E-state index < -0.39 is 5.97 Å². The fourth-order valence-corrected chi connectivity index (χ4v) is 2.86. The zero-order valence-electron chi connectivity index (χ0n) is 15.9. The van der Waals surface area contributed by atoms with E-state index in [1.54, 1.807) is 0 Å². The molecule has 136 valence electrons. The second-order valence-corrected chi connectivity index (χ2v) is 7.39. The monoisotopic (exact) mass is 326 g/mol. The van der Waals surface area contributed by atoms with E-state index in [-0.39, 0.29) is 6.54 Å². The number of likely N-dealkylation sites (N-methyl/N-ethyl adjacent to an activating group) is 1. The highest BCUT2D eigenvalue weighted by Crippen LogP contribution is 2.12. The van der Waals surface area contributed by atoms with E-state index in [4.69, 9.17) is 5.11 Å². The molecule has 0 spiro atoms. The first-order chi connectivity index (χ1) is 11.0. The molecular formula is C20H40NO2+. The molecule has 0 aliphatic carbocycles. The molecule has 0 fully saturated rings. The van der Waals surface area contributed by atoms with Gasteiger partial charge >= 0.3 is 5.97 Å². The van der Waals surface area contributed by atoms with E-state index in [1.165, 1.54) is 77.0 Å². The van der Waals surface area contributed by atoms with Gasteiger partial charge in [0.2, 0.25) is 0 Å². The highest BCUT2D eigenvalue weighted by molar-refractivity contribution is 5.67. The SMILES string of the molecule is CCCCCCCCCCCCCCC=C[N+](C)(C)CC(=O)O. The Morgan fingerprint density at radius 1 is 0.826 bits per heavy atom. The molecule has 0 heterocycles. The Balaban J connectivity index is 3.32. The molecule has 0 atom stereocenters. The van der Waals surface area contributed by atoms with Crippen molar-refractivity contribution in [3.8, 4) is 0 Å². The first-order valence-electron chi connectivity index (χ1n) is 9.70. The summed E-state index contributed by atoms with van der Waals surface area (Å²) in [6, 6.07) is 0. The Kier molecular flexibility index (Phi) is 14.2. The molecule has 0 aromatic heterocycles. The maximum absolute atomic E-state index is 10.7. The van der Waals surface area contributed by atoms with Crippen LogP contribution in [0, 0.1) is 0 Å². The average molecular weight is 327 g/mol. The van der Waals surface area contributed by atoms with Gasteiger partial charge in [0, 0.05) is 0 Å². The predicted molar refractivity (Wildman–Crippen MR) is 99.4 cm³/mol. The summed E-state index contributed by atoms with van der Waals surface area (Å²) in [6.45, 7) is 2.42. The standard InChI is InChI=1S/C20H39NO2/c1-4-5-6-7-8-9-10-11-12-13-14-15-16-17-18-21(2,3)19-20(22)23/h17-18H,4-16,19H2,1-3H3/p+1. The van der Waals surface area contributed by atoms with Gasteiger partial charge in [-0.2, -0.15) is 0 Å². The van der Waals surface area contributed by atoms with Crippen molar-refractivity contribution < 1.29 is 14.4 Å². The van der Waals surface area contributed by atoms with Crippen LogP contribution in [-0.4, -0.2) is 36.2 Å². The smallest absolute Gasteiger partial charge is 0.359 e. The summed E-state index contributed by atoms with van der Waals surface area (Å²) in [6.07, 6.45) is 21.7. The molecule has 0 bridgehead atoms. The second kappa shape index (κ2) is 14.7. The number of hydrogen-bond acceptors (Lipinski definition) is 1. The van der Waals surface area contributed by atoms with Gasteiger partial charge in [0.1, 0.15) is 0 Å². The molecule has 0 aliphatic heterocycles. The zero-order chi connectivity index (χ0) is 17.4. The van der Waals surface area contributed by atoms with Crippen molar-refractivity contribution in [2.24, 2.45) is 0 Å². The van der Waals surface area contributed by atoms with Crippen LogP contribution >= 0.6 is 0 Å². The molecule has 23 heavy (non-hydrogen) atoms. The fourth-order valence-electron chi connectivity index (χ4n) is 2.86. The Morgan fingerprint density at radius 3 is 1.70 bits per heavy atom. The van der Waals surface area contributed by atoms with Crippen molar-refractivity contribution in [3.05, 3.63) is 12.3 Å². The quantitative estimate of drug-likeness (QED) is 0.289. The molecule has 0 aliphatic rings. The topological polar surface area (TPSA) is 37.3 Å². The molecule has 0 saturated heterocycles. The Labute approximate surface area is 144 Å². The third kappa shape index (κ3) is 17.4. The number of carboxylic acids is 1. The van der Waals surface area contributed by atoms with Crippen LogP contribution in [0.3, 0.4) is 0 Å². The summed E-state index contributed by atoms with van der Waals surface area (Å²) in [4.78, 5) is 10.7. The van der Waals surface area contributed by atoms with E-state index in [0.717, 1.165) is 6.42 Å². The number of aliphatic carboxylic acids is 1. The van der Waals surface area contributed by atoms with Crippen molar-refractivity contribution in [2.75, 3.05) is 20.6 Å². The number of carbonyl (C=O) groups is 1. The first-order valence-corrected chi connectivity index (χ1v) is 9.70. The maximum atomic E-state index is 10.7. The van der Waals surface area contributed by atoms with Crippen molar-refractivity contribution in [1.29, 1.82) is 0 Å². The lowest BCUT2D eigenvalue weighted by Crippen LogP contribution is -2.38. The molecule has 0 aromatic carbocycles. The van der Waals surface area contributed by atoms with Gasteiger partial charge in [-0.15, -0.1) is 0 Å². The van der Waals surface area contributed by atoms with Gasteiger partial charge in [-0.25, -0.2) is 4.79 Å². The lowest BCUT2D eigenvalue weighted by atomic mass is 10.0. The van der Waals surface area contributed by atoms with Crippen LogP contribution in [0.15, 0.2) is 12.3 Å². The summed E-state index contributed by atoms with van der Waals surface area (Å²) in [7, 11) is 3.85. The largest absolute Gasteiger partial charge is 0.477 e. The predicted octanol–water partition coefficient (Wildman–Crippen LogP) is 5.75. The Morgan fingerprint density at radius 2 is 1.26 bits per heavy atom. The summed E-state index contributed by atoms with van der Waals surface area (Å²) in [5, 5.41) is 8.81. The fraction of sp³-hybridized carbons (Fsp3) is 0.850. The van der Waals surface area contributed by atoms with Crippen LogP contribution in [0.4, 0.5) is 0 Å². The number of nitrogens with zero attached hydrogens (tertiary/aromatic N) is 1. The third-order valence-electron chi connectivity index (χ3n) is 4.28. The van der Waals surface area contributed by atoms with Crippen LogP contribution in [0.25, 0.3) is 0 Å².